The summed E-state index contributed by atoms with van der Waals surface area (Å²) in [4.78, 5) is 26.6. The minimum atomic E-state index is -1.02. The van der Waals surface area contributed by atoms with Crippen molar-refractivity contribution >= 4 is 12.0 Å². The standard InChI is InChI=1S/C12H21N5O3/c1-3-8(2)10(11(18)19)16-12(20)13-6-4-5-9-14-7-15-17-9/h7-8,10H,3-6H2,1-2H3,(H,18,19)(H2,13,16,20)(H,14,15,17)/t8?,10-/m0/s1. The zero-order valence-corrected chi connectivity index (χ0v) is 11.7. The number of aromatic nitrogens is 3. The molecule has 2 atom stereocenters. The summed E-state index contributed by atoms with van der Waals surface area (Å²) < 4.78 is 0. The summed E-state index contributed by atoms with van der Waals surface area (Å²) in [6, 6.07) is -1.33. The van der Waals surface area contributed by atoms with E-state index in [2.05, 4.69) is 25.8 Å². The Hall–Kier alpha value is -2.12. The highest BCUT2D eigenvalue weighted by Gasteiger charge is 2.24. The normalized spacial score (nSPS) is 13.5. The Morgan fingerprint density at radius 1 is 1.50 bits per heavy atom. The highest BCUT2D eigenvalue weighted by atomic mass is 16.4. The molecule has 20 heavy (non-hydrogen) atoms. The van der Waals surface area contributed by atoms with Gasteiger partial charge in [-0.25, -0.2) is 14.6 Å². The molecule has 1 rings (SSSR count). The lowest BCUT2D eigenvalue weighted by Crippen LogP contribution is -2.49. The average molecular weight is 283 g/mol. The van der Waals surface area contributed by atoms with Gasteiger partial charge in [-0.15, -0.1) is 0 Å². The Morgan fingerprint density at radius 3 is 2.80 bits per heavy atom. The number of urea groups is 1. The van der Waals surface area contributed by atoms with Crippen LogP contribution in [0.1, 0.15) is 32.5 Å². The second kappa shape index (κ2) is 8.13. The molecule has 2 amide bonds. The minimum Gasteiger partial charge on any atom is -0.480 e. The largest absolute Gasteiger partial charge is 0.480 e. The number of rotatable bonds is 8. The van der Waals surface area contributed by atoms with Gasteiger partial charge in [0.15, 0.2) is 0 Å². The van der Waals surface area contributed by atoms with Crippen LogP contribution in [0.3, 0.4) is 0 Å². The number of nitrogens with zero attached hydrogens (tertiary/aromatic N) is 2. The summed E-state index contributed by atoms with van der Waals surface area (Å²) in [7, 11) is 0. The van der Waals surface area contributed by atoms with E-state index in [9.17, 15) is 9.59 Å². The first kappa shape index (κ1) is 15.9. The fourth-order valence-corrected chi connectivity index (χ4v) is 1.68. The third-order valence-electron chi connectivity index (χ3n) is 3.11. The Balaban J connectivity index is 2.26. The molecule has 0 spiro atoms. The van der Waals surface area contributed by atoms with E-state index in [1.807, 2.05) is 6.92 Å². The van der Waals surface area contributed by atoms with Crippen molar-refractivity contribution in [1.82, 2.24) is 25.8 Å². The van der Waals surface area contributed by atoms with Crippen molar-refractivity contribution in [2.75, 3.05) is 6.54 Å². The third kappa shape index (κ3) is 5.25. The number of amides is 2. The summed E-state index contributed by atoms with van der Waals surface area (Å²) in [5.41, 5.74) is 0. The molecule has 0 aliphatic carbocycles. The van der Waals surface area contributed by atoms with E-state index in [4.69, 9.17) is 5.11 Å². The van der Waals surface area contributed by atoms with Crippen LogP contribution in [-0.4, -0.2) is 44.9 Å². The fourth-order valence-electron chi connectivity index (χ4n) is 1.68. The van der Waals surface area contributed by atoms with Gasteiger partial charge in [-0.1, -0.05) is 20.3 Å². The number of H-pyrrole nitrogens is 1. The van der Waals surface area contributed by atoms with E-state index in [0.717, 1.165) is 5.82 Å². The lowest BCUT2D eigenvalue weighted by molar-refractivity contribution is -0.140. The summed E-state index contributed by atoms with van der Waals surface area (Å²) in [5, 5.41) is 20.6. The van der Waals surface area contributed by atoms with Crippen LogP contribution in [0, 0.1) is 5.92 Å². The summed E-state index contributed by atoms with van der Waals surface area (Å²) in [5.74, 6) is -0.376. The molecule has 0 aliphatic heterocycles. The van der Waals surface area contributed by atoms with Crippen molar-refractivity contribution in [3.05, 3.63) is 12.2 Å². The number of carboxylic acid groups (broad SMARTS) is 1. The van der Waals surface area contributed by atoms with Crippen molar-refractivity contribution in [3.63, 3.8) is 0 Å². The lowest BCUT2D eigenvalue weighted by atomic mass is 9.99. The van der Waals surface area contributed by atoms with Crippen LogP contribution in [0.4, 0.5) is 4.79 Å². The van der Waals surface area contributed by atoms with Crippen molar-refractivity contribution < 1.29 is 14.7 Å². The smallest absolute Gasteiger partial charge is 0.326 e. The monoisotopic (exact) mass is 283 g/mol. The maximum atomic E-state index is 11.6. The molecule has 0 fully saturated rings. The first-order valence-electron chi connectivity index (χ1n) is 6.66. The molecular formula is C12H21N5O3. The predicted octanol–water partition coefficient (Wildman–Crippen LogP) is 0.536. The van der Waals surface area contributed by atoms with Crippen LogP contribution >= 0.6 is 0 Å². The number of aryl methyl sites for hydroxylation is 1. The van der Waals surface area contributed by atoms with Gasteiger partial charge in [-0.3, -0.25) is 5.10 Å². The Morgan fingerprint density at radius 2 is 2.25 bits per heavy atom. The number of nitrogens with one attached hydrogen (secondary N) is 3. The first-order valence-corrected chi connectivity index (χ1v) is 6.66. The predicted molar refractivity (Wildman–Crippen MR) is 72.1 cm³/mol. The van der Waals surface area contributed by atoms with Gasteiger partial charge in [0.25, 0.3) is 0 Å². The molecule has 1 unspecified atom stereocenters. The molecule has 0 bridgehead atoms. The van der Waals surface area contributed by atoms with E-state index in [1.165, 1.54) is 6.33 Å². The second-order valence-electron chi connectivity index (χ2n) is 4.64. The topological polar surface area (TPSA) is 120 Å². The van der Waals surface area contributed by atoms with Crippen LogP contribution in [0.2, 0.25) is 0 Å². The van der Waals surface area contributed by atoms with E-state index in [-0.39, 0.29) is 5.92 Å². The second-order valence-corrected chi connectivity index (χ2v) is 4.64. The number of hydrogen-bond acceptors (Lipinski definition) is 4. The highest BCUT2D eigenvalue weighted by molar-refractivity contribution is 5.82. The molecule has 0 aromatic carbocycles. The van der Waals surface area contributed by atoms with Gasteiger partial charge >= 0.3 is 12.0 Å². The molecular weight excluding hydrogens is 262 g/mol. The minimum absolute atomic E-state index is 0.118. The van der Waals surface area contributed by atoms with Crippen molar-refractivity contribution in [3.8, 4) is 0 Å². The summed E-state index contributed by atoms with van der Waals surface area (Å²) in [6.45, 7) is 4.12. The molecule has 0 aliphatic rings. The molecule has 0 radical (unpaired) electrons. The van der Waals surface area contributed by atoms with Crippen LogP contribution in [0.25, 0.3) is 0 Å². The molecule has 1 aromatic heterocycles. The Bertz CT molecular complexity index is 421. The summed E-state index contributed by atoms with van der Waals surface area (Å²) >= 11 is 0. The average Bonchev–Trinajstić information content (AvgIpc) is 2.93. The number of hydrogen-bond donors (Lipinski definition) is 4. The molecule has 8 heteroatoms. The van der Waals surface area contributed by atoms with Crippen molar-refractivity contribution in [2.24, 2.45) is 5.92 Å². The maximum absolute atomic E-state index is 11.6. The SMILES string of the molecule is CCC(C)[C@H](NC(=O)NCCCc1ncn[nH]1)C(=O)O. The Kier molecular flexibility index (Phi) is 6.48. The molecule has 112 valence electrons. The van der Waals surface area contributed by atoms with Gasteiger partial charge in [0.05, 0.1) is 0 Å². The van der Waals surface area contributed by atoms with Gasteiger partial charge in [-0.2, -0.15) is 5.10 Å². The van der Waals surface area contributed by atoms with Crippen molar-refractivity contribution in [2.45, 2.75) is 39.2 Å². The number of carboxylic acids is 1. The third-order valence-corrected chi connectivity index (χ3v) is 3.11. The van der Waals surface area contributed by atoms with E-state index >= 15 is 0 Å². The van der Waals surface area contributed by atoms with E-state index in [1.54, 1.807) is 6.92 Å². The van der Waals surface area contributed by atoms with E-state index in [0.29, 0.717) is 25.8 Å². The molecule has 0 saturated heterocycles. The van der Waals surface area contributed by atoms with E-state index < -0.39 is 18.0 Å². The van der Waals surface area contributed by atoms with Crippen LogP contribution in [0.15, 0.2) is 6.33 Å². The number of carbonyl (C=O) groups excluding carboxylic acids is 1. The quantitative estimate of drug-likeness (QED) is 0.519. The molecule has 4 N–H and O–H groups in total. The highest BCUT2D eigenvalue weighted by Crippen LogP contribution is 2.07. The van der Waals surface area contributed by atoms with Gasteiger partial charge in [0.2, 0.25) is 0 Å². The number of carbonyl (C=O) groups is 2. The van der Waals surface area contributed by atoms with Gasteiger partial charge in [0, 0.05) is 13.0 Å². The Labute approximate surface area is 117 Å². The molecule has 8 nitrogen and oxygen atoms in total. The lowest BCUT2D eigenvalue weighted by Gasteiger charge is -2.20. The van der Waals surface area contributed by atoms with Gasteiger partial charge < -0.3 is 15.7 Å². The van der Waals surface area contributed by atoms with Gasteiger partial charge in [-0.05, 0) is 12.3 Å². The molecule has 0 saturated carbocycles. The van der Waals surface area contributed by atoms with Crippen LogP contribution in [0.5, 0.6) is 0 Å². The van der Waals surface area contributed by atoms with Crippen LogP contribution < -0.4 is 10.6 Å². The van der Waals surface area contributed by atoms with Gasteiger partial charge in [0.1, 0.15) is 18.2 Å². The first-order chi connectivity index (χ1) is 9.54. The number of aromatic amines is 1. The van der Waals surface area contributed by atoms with Crippen LogP contribution in [-0.2, 0) is 11.2 Å². The number of aliphatic carboxylic acids is 1. The zero-order valence-electron chi connectivity index (χ0n) is 11.7. The maximum Gasteiger partial charge on any atom is 0.326 e. The molecule has 1 heterocycles. The fraction of sp³-hybridized carbons (Fsp3) is 0.667. The van der Waals surface area contributed by atoms with Crippen molar-refractivity contribution in [1.29, 1.82) is 0 Å². The zero-order chi connectivity index (χ0) is 15.0. The summed E-state index contributed by atoms with van der Waals surface area (Å²) in [6.07, 6.45) is 3.49. The molecule has 1 aromatic rings.